The third-order valence-corrected chi connectivity index (χ3v) is 6.09. The van der Waals surface area contributed by atoms with Gasteiger partial charge in [0, 0.05) is 22.9 Å². The average Bonchev–Trinajstić information content (AvgIpc) is 3.31. The van der Waals surface area contributed by atoms with Crippen molar-refractivity contribution >= 4 is 34.6 Å². The van der Waals surface area contributed by atoms with Crippen molar-refractivity contribution in [3.05, 3.63) is 76.2 Å². The molecule has 1 atom stereocenters. The highest BCUT2D eigenvalue weighted by molar-refractivity contribution is 7.17. The van der Waals surface area contributed by atoms with Gasteiger partial charge in [-0.15, -0.1) is 11.3 Å². The van der Waals surface area contributed by atoms with E-state index in [4.69, 9.17) is 16.3 Å². The Balaban J connectivity index is 1.65. The zero-order chi connectivity index (χ0) is 21.1. The van der Waals surface area contributed by atoms with E-state index in [0.717, 1.165) is 26.5 Å². The Morgan fingerprint density at radius 1 is 1.28 bits per heavy atom. The first-order valence-corrected chi connectivity index (χ1v) is 10.3. The molecule has 6 heteroatoms. The van der Waals surface area contributed by atoms with Gasteiger partial charge >= 0.3 is 0 Å². The lowest BCUT2D eigenvalue weighted by atomic mass is 10.1. The molecule has 0 fully saturated rings. The number of allylic oxidation sites excluding steroid dienone is 3. The van der Waals surface area contributed by atoms with Crippen molar-refractivity contribution in [2.24, 2.45) is 0 Å². The molecule has 1 unspecified atom stereocenters. The molecule has 0 saturated carbocycles. The number of ether oxygens (including phenoxy) is 1. The number of carbonyl (C=O) groups is 2. The Morgan fingerprint density at radius 2 is 2.03 bits per heavy atom. The standard InChI is InChI=1S/C23H22ClNO3S/c1-13(2)14(3)5-8-22(27)25-12-18-10-17-9-16(11-19(24)23(17)28-18)21-7-6-20(29-21)15(4)26/h5-9,11,18H,1,3,10,12H2,2,4H3,(H,25,27). The lowest BCUT2D eigenvalue weighted by Gasteiger charge is -2.11. The van der Waals surface area contributed by atoms with E-state index in [0.29, 0.717) is 29.3 Å². The van der Waals surface area contributed by atoms with E-state index < -0.39 is 0 Å². The molecule has 0 saturated heterocycles. The van der Waals surface area contributed by atoms with Crippen LogP contribution in [0, 0.1) is 0 Å². The maximum absolute atomic E-state index is 12.0. The number of ketones is 1. The fourth-order valence-electron chi connectivity index (χ4n) is 2.92. The molecule has 0 radical (unpaired) electrons. The Morgan fingerprint density at radius 3 is 2.69 bits per heavy atom. The summed E-state index contributed by atoms with van der Waals surface area (Å²) in [4.78, 5) is 25.2. The second-order valence-electron chi connectivity index (χ2n) is 6.99. The Kier molecular flexibility index (Phi) is 6.40. The molecule has 1 aromatic heterocycles. The van der Waals surface area contributed by atoms with Crippen LogP contribution in [0.2, 0.25) is 5.02 Å². The van der Waals surface area contributed by atoms with Crippen LogP contribution in [0.1, 0.15) is 29.1 Å². The lowest BCUT2D eigenvalue weighted by Crippen LogP contribution is -2.33. The van der Waals surface area contributed by atoms with Gasteiger partial charge in [0.15, 0.2) is 5.78 Å². The molecule has 2 heterocycles. The van der Waals surface area contributed by atoms with Crippen molar-refractivity contribution in [1.82, 2.24) is 5.32 Å². The third-order valence-electron chi connectivity index (χ3n) is 4.58. The molecule has 1 amide bonds. The van der Waals surface area contributed by atoms with Crippen LogP contribution in [0.4, 0.5) is 0 Å². The summed E-state index contributed by atoms with van der Waals surface area (Å²) in [5, 5.41) is 3.36. The minimum Gasteiger partial charge on any atom is -0.486 e. The molecule has 4 nitrogen and oxygen atoms in total. The van der Waals surface area contributed by atoms with Crippen molar-refractivity contribution in [2.45, 2.75) is 26.4 Å². The number of carbonyl (C=O) groups excluding carboxylic acids is 2. The van der Waals surface area contributed by atoms with E-state index >= 15 is 0 Å². The summed E-state index contributed by atoms with van der Waals surface area (Å²) in [6, 6.07) is 7.64. The average molecular weight is 428 g/mol. The molecule has 29 heavy (non-hydrogen) atoms. The minimum absolute atomic E-state index is 0.0496. The van der Waals surface area contributed by atoms with Crippen LogP contribution in [0.25, 0.3) is 10.4 Å². The highest BCUT2D eigenvalue weighted by Gasteiger charge is 2.26. The molecule has 0 bridgehead atoms. The van der Waals surface area contributed by atoms with Gasteiger partial charge in [-0.3, -0.25) is 9.59 Å². The molecule has 1 aliphatic rings. The molecule has 0 aliphatic carbocycles. The Hall–Kier alpha value is -2.63. The lowest BCUT2D eigenvalue weighted by molar-refractivity contribution is -0.116. The van der Waals surface area contributed by atoms with E-state index in [2.05, 4.69) is 18.5 Å². The van der Waals surface area contributed by atoms with E-state index in [9.17, 15) is 9.59 Å². The van der Waals surface area contributed by atoms with Crippen molar-refractivity contribution in [1.29, 1.82) is 0 Å². The largest absolute Gasteiger partial charge is 0.486 e. The second-order valence-corrected chi connectivity index (χ2v) is 8.49. The summed E-state index contributed by atoms with van der Waals surface area (Å²) in [6.07, 6.45) is 3.54. The van der Waals surface area contributed by atoms with Gasteiger partial charge in [0.05, 0.1) is 16.4 Å². The molecule has 0 spiro atoms. The van der Waals surface area contributed by atoms with Gasteiger partial charge < -0.3 is 10.1 Å². The second kappa shape index (κ2) is 8.80. The van der Waals surface area contributed by atoms with Gasteiger partial charge in [-0.2, -0.15) is 0 Å². The van der Waals surface area contributed by atoms with Gasteiger partial charge in [0.25, 0.3) is 0 Å². The first kappa shape index (κ1) is 21.1. The fraction of sp³-hybridized carbons (Fsp3) is 0.217. The first-order chi connectivity index (χ1) is 13.7. The number of hydrogen-bond acceptors (Lipinski definition) is 4. The van der Waals surface area contributed by atoms with Crippen molar-refractivity contribution in [2.75, 3.05) is 6.54 Å². The molecule has 1 aromatic carbocycles. The summed E-state index contributed by atoms with van der Waals surface area (Å²) < 4.78 is 5.93. The van der Waals surface area contributed by atoms with E-state index in [1.54, 1.807) is 13.0 Å². The van der Waals surface area contributed by atoms with Crippen LogP contribution in [0.5, 0.6) is 5.75 Å². The van der Waals surface area contributed by atoms with Gasteiger partial charge in [-0.05, 0) is 55.3 Å². The molecular weight excluding hydrogens is 406 g/mol. The minimum atomic E-state index is -0.214. The third kappa shape index (κ3) is 5.05. The summed E-state index contributed by atoms with van der Waals surface area (Å²) in [6.45, 7) is 11.4. The quantitative estimate of drug-likeness (QED) is 0.366. The number of amides is 1. The number of hydrogen-bond donors (Lipinski definition) is 1. The highest BCUT2D eigenvalue weighted by atomic mass is 35.5. The molecule has 2 aromatic rings. The zero-order valence-electron chi connectivity index (χ0n) is 16.4. The Bertz CT molecular complexity index is 1030. The number of rotatable bonds is 7. The van der Waals surface area contributed by atoms with Crippen LogP contribution < -0.4 is 10.1 Å². The Labute approximate surface area is 179 Å². The molecule has 1 aliphatic heterocycles. The smallest absolute Gasteiger partial charge is 0.244 e. The summed E-state index contributed by atoms with van der Waals surface area (Å²) in [7, 11) is 0. The SMILES string of the molecule is C=C(C)C(=C)C=CC(=O)NCC1Cc2cc(-c3ccc(C(C)=O)s3)cc(Cl)c2O1. The molecule has 1 N–H and O–H groups in total. The van der Waals surface area contributed by atoms with Gasteiger partial charge in [-0.25, -0.2) is 0 Å². The maximum atomic E-state index is 12.0. The summed E-state index contributed by atoms with van der Waals surface area (Å²) >= 11 is 7.88. The molecule has 150 valence electrons. The van der Waals surface area contributed by atoms with Gasteiger partial charge in [0.2, 0.25) is 5.91 Å². The van der Waals surface area contributed by atoms with E-state index in [1.807, 2.05) is 31.2 Å². The van der Waals surface area contributed by atoms with Crippen molar-refractivity contribution < 1.29 is 14.3 Å². The maximum Gasteiger partial charge on any atom is 0.244 e. The fourth-order valence-corrected chi connectivity index (χ4v) is 4.09. The van der Waals surface area contributed by atoms with Gasteiger partial charge in [-0.1, -0.05) is 30.3 Å². The number of thiophene rings is 1. The van der Waals surface area contributed by atoms with Crippen LogP contribution >= 0.6 is 22.9 Å². The first-order valence-electron chi connectivity index (χ1n) is 9.15. The topological polar surface area (TPSA) is 55.4 Å². The van der Waals surface area contributed by atoms with Crippen LogP contribution in [0.3, 0.4) is 0 Å². The normalized spacial score (nSPS) is 15.1. The number of benzene rings is 1. The van der Waals surface area contributed by atoms with Crippen molar-refractivity contribution in [3.8, 4) is 16.2 Å². The van der Waals surface area contributed by atoms with Crippen LogP contribution in [-0.4, -0.2) is 24.3 Å². The predicted molar refractivity (Wildman–Crippen MR) is 119 cm³/mol. The monoisotopic (exact) mass is 427 g/mol. The molecular formula is C23H22ClNO3S. The highest BCUT2D eigenvalue weighted by Crippen LogP contribution is 2.41. The molecule has 3 rings (SSSR count). The van der Waals surface area contributed by atoms with Gasteiger partial charge in [0.1, 0.15) is 11.9 Å². The van der Waals surface area contributed by atoms with E-state index in [1.165, 1.54) is 17.4 Å². The number of nitrogens with one attached hydrogen (secondary N) is 1. The predicted octanol–water partition coefficient (Wildman–Crippen LogP) is 5.38. The number of halogens is 1. The van der Waals surface area contributed by atoms with Crippen LogP contribution in [0.15, 0.2) is 60.7 Å². The summed E-state index contributed by atoms with van der Waals surface area (Å²) in [5.41, 5.74) is 3.48. The van der Waals surface area contributed by atoms with E-state index in [-0.39, 0.29) is 17.8 Å². The van der Waals surface area contributed by atoms with Crippen LogP contribution in [-0.2, 0) is 11.2 Å². The van der Waals surface area contributed by atoms with Crippen molar-refractivity contribution in [3.63, 3.8) is 0 Å². The number of Topliss-reactive ketones (excluding diaryl/α,β-unsaturated/α-hetero) is 1. The summed E-state index contributed by atoms with van der Waals surface area (Å²) in [5.74, 6) is 0.492. The number of fused-ring (bicyclic) bond motifs is 1. The zero-order valence-corrected chi connectivity index (χ0v) is 18.0.